The molecule has 0 aliphatic rings. The number of amides is 1. The number of thiophene rings is 1. The summed E-state index contributed by atoms with van der Waals surface area (Å²) in [7, 11) is 0. The lowest BCUT2D eigenvalue weighted by molar-refractivity contribution is 0.0955. The van der Waals surface area contributed by atoms with Gasteiger partial charge in [-0.2, -0.15) is 0 Å². The molecular formula is C15H17NOS. The monoisotopic (exact) mass is 259 g/mol. The second kappa shape index (κ2) is 5.83. The van der Waals surface area contributed by atoms with Gasteiger partial charge in [0.2, 0.25) is 0 Å². The van der Waals surface area contributed by atoms with E-state index in [0.717, 1.165) is 16.9 Å². The number of carbonyl (C=O) groups is 1. The number of hydrogen-bond donors (Lipinski definition) is 1. The van der Waals surface area contributed by atoms with E-state index in [1.54, 1.807) is 11.3 Å². The fraction of sp³-hybridized carbons (Fsp3) is 0.267. The van der Waals surface area contributed by atoms with Crippen LogP contribution in [-0.2, 0) is 13.0 Å². The van der Waals surface area contributed by atoms with Crippen LogP contribution in [0.1, 0.15) is 32.6 Å². The van der Waals surface area contributed by atoms with Gasteiger partial charge in [-0.25, -0.2) is 0 Å². The first-order valence-electron chi connectivity index (χ1n) is 6.12. The Kier molecular flexibility index (Phi) is 4.15. The topological polar surface area (TPSA) is 29.1 Å². The summed E-state index contributed by atoms with van der Waals surface area (Å²) in [5.74, 6) is 0.0200. The van der Waals surface area contributed by atoms with Crippen LogP contribution in [0.5, 0.6) is 0 Å². The molecule has 0 aliphatic heterocycles. The van der Waals surface area contributed by atoms with Crippen LogP contribution in [0.25, 0.3) is 0 Å². The fourth-order valence-corrected chi connectivity index (χ4v) is 2.88. The molecule has 2 aromatic rings. The summed E-state index contributed by atoms with van der Waals surface area (Å²) in [6.07, 6.45) is 0.980. The Hall–Kier alpha value is -1.61. The Balaban J connectivity index is 1.99. The quantitative estimate of drug-likeness (QED) is 0.894. The molecule has 0 unspecified atom stereocenters. The number of nitrogens with one attached hydrogen (secondary N) is 1. The molecule has 0 atom stereocenters. The van der Waals surface area contributed by atoms with E-state index in [9.17, 15) is 4.79 Å². The van der Waals surface area contributed by atoms with Gasteiger partial charge in [-0.15, -0.1) is 11.3 Å². The van der Waals surface area contributed by atoms with Gasteiger partial charge in [-0.05, 0) is 30.5 Å². The molecule has 1 N–H and O–H groups in total. The first kappa shape index (κ1) is 12.8. The lowest BCUT2D eigenvalue weighted by Gasteiger charge is -2.03. The third kappa shape index (κ3) is 2.99. The SMILES string of the molecule is CCc1cc(C(=O)NCc2ccccc2)sc1C. The van der Waals surface area contributed by atoms with Crippen molar-refractivity contribution in [2.45, 2.75) is 26.8 Å². The molecule has 1 amide bonds. The zero-order valence-corrected chi connectivity index (χ0v) is 11.5. The van der Waals surface area contributed by atoms with Crippen LogP contribution in [0, 0.1) is 6.92 Å². The second-order valence-corrected chi connectivity index (χ2v) is 5.47. The van der Waals surface area contributed by atoms with Gasteiger partial charge in [0, 0.05) is 11.4 Å². The van der Waals surface area contributed by atoms with E-state index in [4.69, 9.17) is 0 Å². The van der Waals surface area contributed by atoms with Gasteiger partial charge in [0.1, 0.15) is 0 Å². The van der Waals surface area contributed by atoms with Gasteiger partial charge in [-0.3, -0.25) is 4.79 Å². The molecule has 1 aromatic carbocycles. The molecule has 0 saturated carbocycles. The van der Waals surface area contributed by atoms with Gasteiger partial charge in [-0.1, -0.05) is 37.3 Å². The van der Waals surface area contributed by atoms with Crippen molar-refractivity contribution in [3.05, 3.63) is 57.3 Å². The molecule has 1 heterocycles. The summed E-state index contributed by atoms with van der Waals surface area (Å²) in [4.78, 5) is 14.0. The van der Waals surface area contributed by atoms with Crippen LogP contribution in [0.15, 0.2) is 36.4 Å². The number of carbonyl (C=O) groups excluding carboxylic acids is 1. The Morgan fingerprint density at radius 3 is 2.61 bits per heavy atom. The third-order valence-electron chi connectivity index (χ3n) is 2.92. The zero-order valence-electron chi connectivity index (χ0n) is 10.7. The van der Waals surface area contributed by atoms with Crippen LogP contribution < -0.4 is 5.32 Å². The highest BCUT2D eigenvalue weighted by Gasteiger charge is 2.10. The van der Waals surface area contributed by atoms with Crippen molar-refractivity contribution in [3.8, 4) is 0 Å². The van der Waals surface area contributed by atoms with E-state index in [1.807, 2.05) is 36.4 Å². The third-order valence-corrected chi connectivity index (χ3v) is 4.01. The molecule has 0 spiro atoms. The highest BCUT2D eigenvalue weighted by Crippen LogP contribution is 2.21. The summed E-state index contributed by atoms with van der Waals surface area (Å²) >= 11 is 1.57. The number of hydrogen-bond acceptors (Lipinski definition) is 2. The van der Waals surface area contributed by atoms with Crippen LogP contribution in [0.3, 0.4) is 0 Å². The molecule has 94 valence electrons. The standard InChI is InChI=1S/C15H17NOS/c1-3-13-9-14(18-11(13)2)15(17)16-10-12-7-5-4-6-8-12/h4-9H,3,10H2,1-2H3,(H,16,17). The van der Waals surface area contributed by atoms with E-state index in [-0.39, 0.29) is 5.91 Å². The molecule has 1 aromatic heterocycles. The maximum absolute atomic E-state index is 12.0. The molecule has 18 heavy (non-hydrogen) atoms. The van der Waals surface area contributed by atoms with Crippen LogP contribution >= 0.6 is 11.3 Å². The summed E-state index contributed by atoms with van der Waals surface area (Å²) in [5, 5.41) is 2.95. The minimum absolute atomic E-state index is 0.0200. The summed E-state index contributed by atoms with van der Waals surface area (Å²) in [6, 6.07) is 12.0. The van der Waals surface area contributed by atoms with Gasteiger partial charge < -0.3 is 5.32 Å². The molecule has 2 rings (SSSR count). The van der Waals surface area contributed by atoms with Gasteiger partial charge in [0.25, 0.3) is 5.91 Å². The van der Waals surface area contributed by atoms with E-state index in [1.165, 1.54) is 10.4 Å². The van der Waals surface area contributed by atoms with Crippen molar-refractivity contribution in [1.82, 2.24) is 5.32 Å². The largest absolute Gasteiger partial charge is 0.347 e. The molecule has 0 fully saturated rings. The van der Waals surface area contributed by atoms with Gasteiger partial charge in [0.15, 0.2) is 0 Å². The van der Waals surface area contributed by atoms with Crippen LogP contribution in [0.2, 0.25) is 0 Å². The Morgan fingerprint density at radius 1 is 1.28 bits per heavy atom. The summed E-state index contributed by atoms with van der Waals surface area (Å²) in [5.41, 5.74) is 2.39. The maximum Gasteiger partial charge on any atom is 0.261 e. The van der Waals surface area contributed by atoms with Crippen LogP contribution in [-0.4, -0.2) is 5.91 Å². The van der Waals surface area contributed by atoms with Crippen molar-refractivity contribution in [3.63, 3.8) is 0 Å². The van der Waals surface area contributed by atoms with Gasteiger partial charge >= 0.3 is 0 Å². The van der Waals surface area contributed by atoms with Crippen molar-refractivity contribution in [2.24, 2.45) is 0 Å². The fourth-order valence-electron chi connectivity index (χ4n) is 1.85. The molecule has 2 nitrogen and oxygen atoms in total. The van der Waals surface area contributed by atoms with E-state index in [2.05, 4.69) is 19.2 Å². The molecule has 0 bridgehead atoms. The number of aryl methyl sites for hydroxylation is 2. The molecular weight excluding hydrogens is 242 g/mol. The molecule has 3 heteroatoms. The van der Waals surface area contributed by atoms with E-state index in [0.29, 0.717) is 6.54 Å². The summed E-state index contributed by atoms with van der Waals surface area (Å²) < 4.78 is 0. The highest BCUT2D eigenvalue weighted by molar-refractivity contribution is 7.14. The maximum atomic E-state index is 12.0. The highest BCUT2D eigenvalue weighted by atomic mass is 32.1. The smallest absolute Gasteiger partial charge is 0.261 e. The lowest BCUT2D eigenvalue weighted by Crippen LogP contribution is -2.21. The van der Waals surface area contributed by atoms with Crippen molar-refractivity contribution in [1.29, 1.82) is 0 Å². The Bertz CT molecular complexity index is 531. The van der Waals surface area contributed by atoms with Crippen LogP contribution in [0.4, 0.5) is 0 Å². The lowest BCUT2D eigenvalue weighted by atomic mass is 10.2. The Morgan fingerprint density at radius 2 is 2.00 bits per heavy atom. The first-order valence-corrected chi connectivity index (χ1v) is 6.93. The normalized spacial score (nSPS) is 10.3. The Labute approximate surface area is 112 Å². The van der Waals surface area contributed by atoms with E-state index < -0.39 is 0 Å². The van der Waals surface area contributed by atoms with Crippen molar-refractivity contribution in [2.75, 3.05) is 0 Å². The number of rotatable bonds is 4. The predicted molar refractivity (Wildman–Crippen MR) is 76.0 cm³/mol. The average molecular weight is 259 g/mol. The molecule has 0 radical (unpaired) electrons. The minimum Gasteiger partial charge on any atom is -0.347 e. The second-order valence-electron chi connectivity index (χ2n) is 4.21. The molecule has 0 aliphatic carbocycles. The average Bonchev–Trinajstić information content (AvgIpc) is 2.78. The molecule has 0 saturated heterocycles. The number of benzene rings is 1. The zero-order chi connectivity index (χ0) is 13.0. The first-order chi connectivity index (χ1) is 8.70. The van der Waals surface area contributed by atoms with Crippen molar-refractivity contribution >= 4 is 17.2 Å². The predicted octanol–water partition coefficient (Wildman–Crippen LogP) is 3.55. The van der Waals surface area contributed by atoms with Crippen molar-refractivity contribution < 1.29 is 4.79 Å². The minimum atomic E-state index is 0.0200. The van der Waals surface area contributed by atoms with Gasteiger partial charge in [0.05, 0.1) is 4.88 Å². The van der Waals surface area contributed by atoms with E-state index >= 15 is 0 Å². The summed E-state index contributed by atoms with van der Waals surface area (Å²) in [6.45, 7) is 4.76.